The number of ether oxygens (including phenoxy) is 1. The summed E-state index contributed by atoms with van der Waals surface area (Å²) in [5.41, 5.74) is 1.20. The van der Waals surface area contributed by atoms with Crippen LogP contribution in [0.4, 0.5) is 0 Å². The number of hydrogen-bond acceptors (Lipinski definition) is 2. The molecule has 0 saturated carbocycles. The van der Waals surface area contributed by atoms with Crippen LogP contribution < -0.4 is 4.74 Å². The molecule has 0 unspecified atom stereocenters. The standard InChI is InChI=1S/C13H17NO2/c1-16-12-7-5-11(6-8-12)13-4-2-3-9-14(13)10-15/h5-8,10,13H,2-4,9H2,1H3/t13-/m0/s1. The molecule has 1 atom stereocenters. The second kappa shape index (κ2) is 5.01. The molecule has 0 aliphatic carbocycles. The largest absolute Gasteiger partial charge is 0.497 e. The van der Waals surface area contributed by atoms with Crippen molar-refractivity contribution in [1.29, 1.82) is 0 Å². The molecular weight excluding hydrogens is 202 g/mol. The summed E-state index contributed by atoms with van der Waals surface area (Å²) in [4.78, 5) is 12.9. The van der Waals surface area contributed by atoms with Crippen LogP contribution in [0, 0.1) is 0 Å². The van der Waals surface area contributed by atoms with Crippen LogP contribution in [0.15, 0.2) is 24.3 Å². The van der Waals surface area contributed by atoms with E-state index in [9.17, 15) is 4.79 Å². The first kappa shape index (κ1) is 11.0. The van der Waals surface area contributed by atoms with E-state index in [0.717, 1.165) is 31.5 Å². The average Bonchev–Trinajstić information content (AvgIpc) is 2.39. The molecule has 1 fully saturated rings. The van der Waals surface area contributed by atoms with Crippen molar-refractivity contribution in [1.82, 2.24) is 4.90 Å². The first-order valence-electron chi connectivity index (χ1n) is 5.70. The van der Waals surface area contributed by atoms with Crippen LogP contribution >= 0.6 is 0 Å². The SMILES string of the molecule is COc1ccc([C@@H]2CCCCN2C=O)cc1. The fourth-order valence-corrected chi connectivity index (χ4v) is 2.26. The van der Waals surface area contributed by atoms with Gasteiger partial charge < -0.3 is 9.64 Å². The van der Waals surface area contributed by atoms with E-state index in [-0.39, 0.29) is 6.04 Å². The van der Waals surface area contributed by atoms with Crippen LogP contribution in [0.1, 0.15) is 30.9 Å². The molecule has 0 radical (unpaired) electrons. The summed E-state index contributed by atoms with van der Waals surface area (Å²) in [6.07, 6.45) is 4.34. The van der Waals surface area contributed by atoms with E-state index in [4.69, 9.17) is 4.74 Å². The third-order valence-corrected chi connectivity index (χ3v) is 3.18. The summed E-state index contributed by atoms with van der Waals surface area (Å²) in [7, 11) is 1.66. The third-order valence-electron chi connectivity index (χ3n) is 3.18. The monoisotopic (exact) mass is 219 g/mol. The molecule has 0 spiro atoms. The van der Waals surface area contributed by atoms with Crippen LogP contribution in [0.25, 0.3) is 0 Å². The van der Waals surface area contributed by atoms with Gasteiger partial charge in [-0.05, 0) is 37.0 Å². The Morgan fingerprint density at radius 1 is 1.31 bits per heavy atom. The summed E-state index contributed by atoms with van der Waals surface area (Å²) in [6.45, 7) is 0.875. The number of nitrogens with zero attached hydrogens (tertiary/aromatic N) is 1. The highest BCUT2D eigenvalue weighted by Gasteiger charge is 2.22. The number of likely N-dealkylation sites (tertiary alicyclic amines) is 1. The Morgan fingerprint density at radius 3 is 2.69 bits per heavy atom. The minimum absolute atomic E-state index is 0.247. The average molecular weight is 219 g/mol. The molecule has 1 aromatic rings. The minimum Gasteiger partial charge on any atom is -0.497 e. The van der Waals surface area contributed by atoms with Crippen molar-refractivity contribution < 1.29 is 9.53 Å². The molecule has 16 heavy (non-hydrogen) atoms. The molecule has 2 rings (SSSR count). The van der Waals surface area contributed by atoms with Crippen LogP contribution in [-0.4, -0.2) is 25.0 Å². The van der Waals surface area contributed by atoms with Crippen molar-refractivity contribution in [3.8, 4) is 5.75 Å². The summed E-state index contributed by atoms with van der Waals surface area (Å²) >= 11 is 0. The number of hydrogen-bond donors (Lipinski definition) is 0. The lowest BCUT2D eigenvalue weighted by atomic mass is 9.96. The van der Waals surface area contributed by atoms with Gasteiger partial charge in [0.25, 0.3) is 0 Å². The molecule has 1 heterocycles. The van der Waals surface area contributed by atoms with Gasteiger partial charge in [0, 0.05) is 6.54 Å². The van der Waals surface area contributed by atoms with E-state index in [0.29, 0.717) is 0 Å². The van der Waals surface area contributed by atoms with E-state index >= 15 is 0 Å². The molecule has 3 nitrogen and oxygen atoms in total. The first-order chi connectivity index (χ1) is 7.85. The minimum atomic E-state index is 0.247. The quantitative estimate of drug-likeness (QED) is 0.730. The number of carbonyl (C=O) groups is 1. The maximum absolute atomic E-state index is 11.0. The number of piperidine rings is 1. The van der Waals surface area contributed by atoms with Gasteiger partial charge in [0.15, 0.2) is 0 Å². The van der Waals surface area contributed by atoms with E-state index in [1.807, 2.05) is 29.2 Å². The Bertz CT molecular complexity index is 347. The van der Waals surface area contributed by atoms with Crippen molar-refractivity contribution in [2.24, 2.45) is 0 Å². The molecule has 3 heteroatoms. The first-order valence-corrected chi connectivity index (χ1v) is 5.70. The van der Waals surface area contributed by atoms with E-state index < -0.39 is 0 Å². The Morgan fingerprint density at radius 2 is 2.06 bits per heavy atom. The van der Waals surface area contributed by atoms with Gasteiger partial charge in [-0.3, -0.25) is 4.79 Å². The molecule has 1 aliphatic heterocycles. The lowest BCUT2D eigenvalue weighted by molar-refractivity contribution is -0.121. The summed E-state index contributed by atoms with van der Waals surface area (Å²) < 4.78 is 5.13. The van der Waals surface area contributed by atoms with Crippen LogP contribution in [0.2, 0.25) is 0 Å². The van der Waals surface area contributed by atoms with Crippen molar-refractivity contribution in [3.63, 3.8) is 0 Å². The molecule has 0 bridgehead atoms. The zero-order valence-corrected chi connectivity index (χ0v) is 9.56. The molecule has 86 valence electrons. The Hall–Kier alpha value is -1.51. The van der Waals surface area contributed by atoms with Crippen LogP contribution in [-0.2, 0) is 4.79 Å². The van der Waals surface area contributed by atoms with Gasteiger partial charge in [-0.25, -0.2) is 0 Å². The molecule has 1 amide bonds. The maximum atomic E-state index is 11.0. The third kappa shape index (κ3) is 2.18. The number of carbonyl (C=O) groups excluding carboxylic acids is 1. The summed E-state index contributed by atoms with van der Waals surface area (Å²) in [5.74, 6) is 0.859. The van der Waals surface area contributed by atoms with Gasteiger partial charge in [-0.2, -0.15) is 0 Å². The fourth-order valence-electron chi connectivity index (χ4n) is 2.26. The summed E-state index contributed by atoms with van der Waals surface area (Å²) in [6, 6.07) is 8.24. The highest BCUT2D eigenvalue weighted by Crippen LogP contribution is 2.30. The number of amides is 1. The topological polar surface area (TPSA) is 29.5 Å². The second-order valence-corrected chi connectivity index (χ2v) is 4.13. The molecule has 1 saturated heterocycles. The highest BCUT2D eigenvalue weighted by atomic mass is 16.5. The van der Waals surface area contributed by atoms with E-state index in [1.165, 1.54) is 12.0 Å². The van der Waals surface area contributed by atoms with Gasteiger partial charge in [-0.15, -0.1) is 0 Å². The predicted molar refractivity (Wildman–Crippen MR) is 62.4 cm³/mol. The maximum Gasteiger partial charge on any atom is 0.210 e. The highest BCUT2D eigenvalue weighted by molar-refractivity contribution is 5.49. The zero-order chi connectivity index (χ0) is 11.4. The van der Waals surface area contributed by atoms with Crippen molar-refractivity contribution in [2.45, 2.75) is 25.3 Å². The summed E-state index contributed by atoms with van der Waals surface area (Å²) in [5, 5.41) is 0. The van der Waals surface area contributed by atoms with Gasteiger partial charge in [0.05, 0.1) is 13.2 Å². The zero-order valence-electron chi connectivity index (χ0n) is 9.56. The van der Waals surface area contributed by atoms with Gasteiger partial charge in [-0.1, -0.05) is 12.1 Å². The van der Waals surface area contributed by atoms with Crippen molar-refractivity contribution in [2.75, 3.05) is 13.7 Å². The van der Waals surface area contributed by atoms with Crippen molar-refractivity contribution >= 4 is 6.41 Å². The van der Waals surface area contributed by atoms with E-state index in [1.54, 1.807) is 7.11 Å². The van der Waals surface area contributed by atoms with Crippen LogP contribution in [0.5, 0.6) is 5.75 Å². The van der Waals surface area contributed by atoms with Gasteiger partial charge in [0.1, 0.15) is 5.75 Å². The number of benzene rings is 1. The molecule has 0 aromatic heterocycles. The van der Waals surface area contributed by atoms with Crippen molar-refractivity contribution in [3.05, 3.63) is 29.8 Å². The fraction of sp³-hybridized carbons (Fsp3) is 0.462. The van der Waals surface area contributed by atoms with E-state index in [2.05, 4.69) is 0 Å². The number of rotatable bonds is 3. The Balaban J connectivity index is 2.17. The normalized spacial score (nSPS) is 20.6. The second-order valence-electron chi connectivity index (χ2n) is 4.13. The predicted octanol–water partition coefficient (Wildman–Crippen LogP) is 2.38. The Kier molecular flexibility index (Phi) is 3.44. The smallest absolute Gasteiger partial charge is 0.210 e. The molecule has 1 aromatic carbocycles. The molecule has 1 aliphatic rings. The molecular formula is C13H17NO2. The lowest BCUT2D eigenvalue weighted by Crippen LogP contribution is -2.32. The van der Waals surface area contributed by atoms with Crippen LogP contribution in [0.3, 0.4) is 0 Å². The molecule has 0 N–H and O–H groups in total. The van der Waals surface area contributed by atoms with Gasteiger partial charge in [0.2, 0.25) is 6.41 Å². The lowest BCUT2D eigenvalue weighted by Gasteiger charge is -2.33. The Labute approximate surface area is 96.0 Å². The van der Waals surface area contributed by atoms with Gasteiger partial charge >= 0.3 is 0 Å². The number of methoxy groups -OCH3 is 1.